The first-order valence-corrected chi connectivity index (χ1v) is 9.67. The van der Waals surface area contributed by atoms with Gasteiger partial charge in [-0.3, -0.25) is 14.9 Å². The Labute approximate surface area is 166 Å². The molecule has 1 N–H and O–H groups in total. The van der Waals surface area contributed by atoms with E-state index in [9.17, 15) is 4.79 Å². The topological polar surface area (TPSA) is 105 Å². The lowest BCUT2D eigenvalue weighted by Gasteiger charge is -2.23. The summed E-state index contributed by atoms with van der Waals surface area (Å²) in [5.74, 6) is 1.31. The normalized spacial score (nSPS) is 16.6. The van der Waals surface area contributed by atoms with E-state index in [1.54, 1.807) is 24.9 Å². The standard InChI is InChI=1S/C20H20N8O/c29-18(7-11-27-13-23-14-4-1-2-5-16(14)27)28-10-3-6-17(28)20-24-19(25-26-20)15-12-21-8-9-22-15/h1-2,4-5,8-9,12-13,17H,3,6-7,10-11H2,(H,24,25,26). The van der Waals surface area contributed by atoms with Crippen molar-refractivity contribution in [2.24, 2.45) is 0 Å². The SMILES string of the molecule is O=C(CCn1cnc2ccccc21)N1CCCC1c1nc(-c2cnccn2)n[nH]1. The quantitative estimate of drug-likeness (QED) is 0.563. The van der Waals surface area contributed by atoms with Gasteiger partial charge < -0.3 is 9.47 Å². The molecule has 0 saturated carbocycles. The minimum atomic E-state index is -0.0834. The second-order valence-electron chi connectivity index (χ2n) is 7.06. The third kappa shape index (κ3) is 3.35. The van der Waals surface area contributed by atoms with Gasteiger partial charge in [-0.05, 0) is 25.0 Å². The predicted octanol–water partition coefficient (Wildman–Crippen LogP) is 2.37. The molecule has 5 rings (SSSR count). The number of carbonyl (C=O) groups is 1. The van der Waals surface area contributed by atoms with Gasteiger partial charge in [-0.15, -0.1) is 0 Å². The van der Waals surface area contributed by atoms with Crippen molar-refractivity contribution >= 4 is 16.9 Å². The van der Waals surface area contributed by atoms with Crippen LogP contribution >= 0.6 is 0 Å². The maximum Gasteiger partial charge on any atom is 0.224 e. The number of para-hydroxylation sites is 2. The van der Waals surface area contributed by atoms with E-state index >= 15 is 0 Å². The number of hydrogen-bond acceptors (Lipinski definition) is 6. The first-order valence-electron chi connectivity index (χ1n) is 9.67. The Morgan fingerprint density at radius 2 is 2.14 bits per heavy atom. The van der Waals surface area contributed by atoms with Crippen molar-refractivity contribution in [1.82, 2.24) is 39.6 Å². The summed E-state index contributed by atoms with van der Waals surface area (Å²) in [6.07, 6.45) is 8.87. The van der Waals surface area contributed by atoms with Gasteiger partial charge in [0.2, 0.25) is 11.7 Å². The van der Waals surface area contributed by atoms with Crippen LogP contribution in [-0.2, 0) is 11.3 Å². The molecule has 1 unspecified atom stereocenters. The van der Waals surface area contributed by atoms with Crippen LogP contribution in [0.5, 0.6) is 0 Å². The number of H-pyrrole nitrogens is 1. The summed E-state index contributed by atoms with van der Waals surface area (Å²) in [6, 6.07) is 7.86. The van der Waals surface area contributed by atoms with E-state index in [1.165, 1.54) is 0 Å². The summed E-state index contributed by atoms with van der Waals surface area (Å²) in [7, 11) is 0. The maximum atomic E-state index is 12.9. The summed E-state index contributed by atoms with van der Waals surface area (Å²) < 4.78 is 2.03. The highest BCUT2D eigenvalue weighted by atomic mass is 16.2. The Kier molecular flexibility index (Phi) is 4.47. The molecule has 1 aliphatic heterocycles. The number of hydrogen-bond donors (Lipinski definition) is 1. The molecule has 29 heavy (non-hydrogen) atoms. The van der Waals surface area contributed by atoms with Crippen LogP contribution in [0.15, 0.2) is 49.2 Å². The highest BCUT2D eigenvalue weighted by molar-refractivity contribution is 5.78. The molecule has 1 aromatic carbocycles. The molecule has 0 radical (unpaired) electrons. The zero-order chi connectivity index (χ0) is 19.6. The summed E-state index contributed by atoms with van der Waals surface area (Å²) >= 11 is 0. The van der Waals surface area contributed by atoms with Crippen molar-refractivity contribution in [3.05, 3.63) is 55.0 Å². The van der Waals surface area contributed by atoms with Crippen molar-refractivity contribution in [3.63, 3.8) is 0 Å². The van der Waals surface area contributed by atoms with Gasteiger partial charge in [-0.25, -0.2) is 15.0 Å². The number of aryl methyl sites for hydroxylation is 1. The number of likely N-dealkylation sites (tertiary alicyclic amines) is 1. The fourth-order valence-electron chi connectivity index (χ4n) is 3.85. The minimum Gasteiger partial charge on any atom is -0.332 e. The van der Waals surface area contributed by atoms with Gasteiger partial charge in [0.1, 0.15) is 11.5 Å². The molecule has 146 valence electrons. The molecule has 4 heterocycles. The molecule has 0 aliphatic carbocycles. The molecule has 1 saturated heterocycles. The van der Waals surface area contributed by atoms with E-state index in [1.807, 2.05) is 33.7 Å². The maximum absolute atomic E-state index is 12.9. The van der Waals surface area contributed by atoms with Gasteiger partial charge in [0.25, 0.3) is 0 Å². The van der Waals surface area contributed by atoms with Crippen LogP contribution in [0.3, 0.4) is 0 Å². The van der Waals surface area contributed by atoms with E-state index in [-0.39, 0.29) is 11.9 Å². The number of nitrogens with zero attached hydrogens (tertiary/aromatic N) is 7. The van der Waals surface area contributed by atoms with Crippen LogP contribution in [0, 0.1) is 0 Å². The van der Waals surface area contributed by atoms with Crippen molar-refractivity contribution in [3.8, 4) is 11.5 Å². The molecule has 3 aromatic heterocycles. The van der Waals surface area contributed by atoms with Gasteiger partial charge >= 0.3 is 0 Å². The largest absolute Gasteiger partial charge is 0.332 e. The average molecular weight is 388 g/mol. The smallest absolute Gasteiger partial charge is 0.224 e. The molecular formula is C20H20N8O. The Morgan fingerprint density at radius 3 is 3.03 bits per heavy atom. The number of carbonyl (C=O) groups excluding carboxylic acids is 1. The van der Waals surface area contributed by atoms with Crippen LogP contribution in [-0.4, -0.2) is 52.1 Å². The zero-order valence-corrected chi connectivity index (χ0v) is 15.8. The molecule has 4 aromatic rings. The molecule has 1 atom stereocenters. The molecule has 1 fully saturated rings. The molecule has 1 aliphatic rings. The summed E-state index contributed by atoms with van der Waals surface area (Å²) in [6.45, 7) is 1.33. The van der Waals surface area contributed by atoms with Crippen molar-refractivity contribution in [1.29, 1.82) is 0 Å². The minimum absolute atomic E-state index is 0.0834. The van der Waals surface area contributed by atoms with Crippen LogP contribution in [0.4, 0.5) is 0 Å². The number of aromatic amines is 1. The molecule has 0 bridgehead atoms. The number of imidazole rings is 1. The zero-order valence-electron chi connectivity index (χ0n) is 15.8. The van der Waals surface area contributed by atoms with Crippen molar-refractivity contribution < 1.29 is 4.79 Å². The predicted molar refractivity (Wildman–Crippen MR) is 105 cm³/mol. The number of nitrogens with one attached hydrogen (secondary N) is 1. The van der Waals surface area contributed by atoms with Gasteiger partial charge in [0.05, 0.1) is 29.6 Å². The molecule has 0 spiro atoms. The second kappa shape index (κ2) is 7.42. The second-order valence-corrected chi connectivity index (χ2v) is 7.06. The molecule has 1 amide bonds. The number of benzene rings is 1. The van der Waals surface area contributed by atoms with Gasteiger partial charge in [0.15, 0.2) is 0 Å². The molecule has 9 heteroatoms. The summed E-state index contributed by atoms with van der Waals surface area (Å²) in [5.41, 5.74) is 2.59. The fraction of sp³-hybridized carbons (Fsp3) is 0.300. The Bertz CT molecular complexity index is 1140. The number of amides is 1. The highest BCUT2D eigenvalue weighted by Crippen LogP contribution is 2.31. The number of fused-ring (bicyclic) bond motifs is 1. The monoisotopic (exact) mass is 388 g/mol. The summed E-state index contributed by atoms with van der Waals surface area (Å²) in [4.78, 5) is 32.1. The lowest BCUT2D eigenvalue weighted by atomic mass is 10.2. The average Bonchev–Trinajstić information content (AvgIpc) is 3.51. The Hall–Kier alpha value is -3.62. The lowest BCUT2D eigenvalue weighted by Crippen LogP contribution is -2.31. The van der Waals surface area contributed by atoms with Gasteiger partial charge in [0, 0.05) is 31.9 Å². The number of aromatic nitrogens is 7. The Morgan fingerprint density at radius 1 is 1.21 bits per heavy atom. The summed E-state index contributed by atoms with van der Waals surface area (Å²) in [5, 5.41) is 7.24. The van der Waals surface area contributed by atoms with Crippen LogP contribution in [0.25, 0.3) is 22.6 Å². The van der Waals surface area contributed by atoms with E-state index in [2.05, 4.69) is 30.1 Å². The van der Waals surface area contributed by atoms with E-state index in [0.29, 0.717) is 30.3 Å². The van der Waals surface area contributed by atoms with Gasteiger partial charge in [-0.1, -0.05) is 12.1 Å². The van der Waals surface area contributed by atoms with E-state index < -0.39 is 0 Å². The molecule has 9 nitrogen and oxygen atoms in total. The first kappa shape index (κ1) is 17.5. The first-order chi connectivity index (χ1) is 14.3. The van der Waals surface area contributed by atoms with Crippen LogP contribution in [0.1, 0.15) is 31.1 Å². The van der Waals surface area contributed by atoms with Gasteiger partial charge in [-0.2, -0.15) is 5.10 Å². The third-order valence-electron chi connectivity index (χ3n) is 5.28. The van der Waals surface area contributed by atoms with E-state index in [0.717, 1.165) is 30.4 Å². The van der Waals surface area contributed by atoms with Crippen LogP contribution < -0.4 is 0 Å². The van der Waals surface area contributed by atoms with Crippen molar-refractivity contribution in [2.75, 3.05) is 6.54 Å². The third-order valence-corrected chi connectivity index (χ3v) is 5.28. The fourth-order valence-corrected chi connectivity index (χ4v) is 3.85. The molecular weight excluding hydrogens is 368 g/mol. The van der Waals surface area contributed by atoms with Crippen molar-refractivity contribution in [2.45, 2.75) is 31.8 Å². The Balaban J connectivity index is 1.29. The van der Waals surface area contributed by atoms with Crippen LogP contribution in [0.2, 0.25) is 0 Å². The van der Waals surface area contributed by atoms with E-state index in [4.69, 9.17) is 0 Å². The lowest BCUT2D eigenvalue weighted by molar-refractivity contribution is -0.132. The highest BCUT2D eigenvalue weighted by Gasteiger charge is 2.32. The number of rotatable bonds is 5.